The van der Waals surface area contributed by atoms with Gasteiger partial charge in [0.2, 0.25) is 0 Å². The van der Waals surface area contributed by atoms with Gasteiger partial charge in [0.25, 0.3) is 0 Å². The highest BCUT2D eigenvalue weighted by Crippen LogP contribution is 2.20. The van der Waals surface area contributed by atoms with Crippen molar-refractivity contribution >= 4 is 0 Å². The average Bonchev–Trinajstić information content (AvgIpc) is 2.03. The summed E-state index contributed by atoms with van der Waals surface area (Å²) in [5, 5.41) is 18.2. The Hall–Kier alpha value is -1.00. The molecule has 4 heteroatoms. The Bertz CT molecular complexity index is 300. The molecule has 13 heavy (non-hydrogen) atoms. The van der Waals surface area contributed by atoms with E-state index in [9.17, 15) is 13.9 Å². The molecular formula is C9H10F2O2. The first kappa shape index (κ1) is 10.1. The Balaban J connectivity index is 3.01. The molecule has 0 bridgehead atoms. The van der Waals surface area contributed by atoms with Gasteiger partial charge >= 0.3 is 0 Å². The smallest absolute Gasteiger partial charge is 0.132 e. The highest BCUT2D eigenvalue weighted by Gasteiger charge is 2.17. The van der Waals surface area contributed by atoms with Gasteiger partial charge in [0.1, 0.15) is 17.7 Å². The van der Waals surface area contributed by atoms with Crippen LogP contribution in [0.15, 0.2) is 18.2 Å². The molecular weight excluding hydrogens is 178 g/mol. The van der Waals surface area contributed by atoms with Crippen molar-refractivity contribution in [3.05, 3.63) is 35.4 Å². The standard InChI is InChI=1S/C9H10F2O2/c1-5(12)9(13)7-3-2-6(10)4-8(7)11/h2-5,9,12-13H,1H3. The first-order chi connectivity index (χ1) is 6.02. The lowest BCUT2D eigenvalue weighted by Gasteiger charge is -2.14. The zero-order valence-corrected chi connectivity index (χ0v) is 7.04. The van der Waals surface area contributed by atoms with Crippen LogP contribution < -0.4 is 0 Å². The van der Waals surface area contributed by atoms with Gasteiger partial charge in [-0.1, -0.05) is 6.07 Å². The number of benzene rings is 1. The van der Waals surface area contributed by atoms with Crippen molar-refractivity contribution in [2.24, 2.45) is 0 Å². The van der Waals surface area contributed by atoms with Crippen LogP contribution in [0.1, 0.15) is 18.6 Å². The first-order valence-corrected chi connectivity index (χ1v) is 3.83. The van der Waals surface area contributed by atoms with Gasteiger partial charge in [-0.25, -0.2) is 8.78 Å². The topological polar surface area (TPSA) is 40.5 Å². The minimum atomic E-state index is -1.32. The zero-order valence-electron chi connectivity index (χ0n) is 7.04. The van der Waals surface area contributed by atoms with Crippen molar-refractivity contribution in [1.29, 1.82) is 0 Å². The fourth-order valence-corrected chi connectivity index (χ4v) is 1.00. The lowest BCUT2D eigenvalue weighted by molar-refractivity contribution is 0.0282. The molecule has 1 aromatic rings. The summed E-state index contributed by atoms with van der Waals surface area (Å²) in [5.74, 6) is -1.56. The van der Waals surface area contributed by atoms with E-state index in [1.807, 2.05) is 0 Å². The third-order valence-electron chi connectivity index (χ3n) is 1.74. The van der Waals surface area contributed by atoms with E-state index in [0.29, 0.717) is 6.07 Å². The van der Waals surface area contributed by atoms with E-state index in [1.54, 1.807) is 0 Å². The van der Waals surface area contributed by atoms with Gasteiger partial charge in [-0.3, -0.25) is 0 Å². The number of hydrogen-bond acceptors (Lipinski definition) is 2. The Labute approximate surface area is 74.4 Å². The first-order valence-electron chi connectivity index (χ1n) is 3.83. The molecule has 0 aromatic heterocycles. The van der Waals surface area contributed by atoms with Crippen LogP contribution in [0.2, 0.25) is 0 Å². The van der Waals surface area contributed by atoms with Crippen LogP contribution in [-0.4, -0.2) is 16.3 Å². The Kier molecular flexibility index (Phi) is 2.95. The molecule has 2 atom stereocenters. The lowest BCUT2D eigenvalue weighted by Crippen LogP contribution is -2.15. The van der Waals surface area contributed by atoms with E-state index in [-0.39, 0.29) is 5.56 Å². The lowest BCUT2D eigenvalue weighted by atomic mass is 10.1. The van der Waals surface area contributed by atoms with Crippen molar-refractivity contribution in [2.45, 2.75) is 19.1 Å². The Morgan fingerprint density at radius 1 is 1.23 bits per heavy atom. The largest absolute Gasteiger partial charge is 0.390 e. The van der Waals surface area contributed by atoms with Crippen LogP contribution in [0.5, 0.6) is 0 Å². The van der Waals surface area contributed by atoms with Gasteiger partial charge in [0.05, 0.1) is 6.10 Å². The Morgan fingerprint density at radius 2 is 1.85 bits per heavy atom. The molecule has 0 heterocycles. The molecule has 0 saturated carbocycles. The molecule has 2 unspecified atom stereocenters. The maximum absolute atomic E-state index is 13.0. The van der Waals surface area contributed by atoms with Crippen molar-refractivity contribution in [1.82, 2.24) is 0 Å². The van der Waals surface area contributed by atoms with E-state index < -0.39 is 23.8 Å². The monoisotopic (exact) mass is 188 g/mol. The van der Waals surface area contributed by atoms with Gasteiger partial charge in [0.15, 0.2) is 0 Å². The molecule has 0 aliphatic rings. The fraction of sp³-hybridized carbons (Fsp3) is 0.333. The molecule has 0 aliphatic carbocycles. The predicted molar refractivity (Wildman–Crippen MR) is 43.0 cm³/mol. The summed E-state index contributed by atoms with van der Waals surface area (Å²) >= 11 is 0. The number of rotatable bonds is 2. The van der Waals surface area contributed by atoms with Crippen LogP contribution in [0.4, 0.5) is 8.78 Å². The fourth-order valence-electron chi connectivity index (χ4n) is 1.00. The third kappa shape index (κ3) is 2.23. The summed E-state index contributed by atoms with van der Waals surface area (Å²) in [6.45, 7) is 1.33. The zero-order chi connectivity index (χ0) is 10.0. The van der Waals surface area contributed by atoms with Crippen molar-refractivity contribution < 1.29 is 19.0 Å². The molecule has 0 radical (unpaired) electrons. The molecule has 0 aliphatic heterocycles. The van der Waals surface area contributed by atoms with Crippen LogP contribution in [0.25, 0.3) is 0 Å². The van der Waals surface area contributed by atoms with Crippen LogP contribution >= 0.6 is 0 Å². The van der Waals surface area contributed by atoms with Gasteiger partial charge in [-0.2, -0.15) is 0 Å². The molecule has 2 N–H and O–H groups in total. The highest BCUT2D eigenvalue weighted by molar-refractivity contribution is 5.21. The van der Waals surface area contributed by atoms with E-state index >= 15 is 0 Å². The van der Waals surface area contributed by atoms with Crippen LogP contribution in [-0.2, 0) is 0 Å². The second-order valence-corrected chi connectivity index (χ2v) is 2.85. The third-order valence-corrected chi connectivity index (χ3v) is 1.74. The number of aliphatic hydroxyl groups is 2. The summed E-state index contributed by atoms with van der Waals surface area (Å²) in [6, 6.07) is 2.81. The van der Waals surface area contributed by atoms with Gasteiger partial charge in [-0.05, 0) is 13.0 Å². The Morgan fingerprint density at radius 3 is 2.31 bits per heavy atom. The maximum Gasteiger partial charge on any atom is 0.132 e. The average molecular weight is 188 g/mol. The van der Waals surface area contributed by atoms with Gasteiger partial charge < -0.3 is 10.2 Å². The second-order valence-electron chi connectivity index (χ2n) is 2.85. The molecule has 0 amide bonds. The summed E-state index contributed by atoms with van der Waals surface area (Å²) in [6.07, 6.45) is -2.40. The SMILES string of the molecule is CC(O)C(O)c1ccc(F)cc1F. The quantitative estimate of drug-likeness (QED) is 0.736. The molecule has 72 valence electrons. The van der Waals surface area contributed by atoms with Crippen molar-refractivity contribution in [3.8, 4) is 0 Å². The number of hydrogen-bond donors (Lipinski definition) is 2. The summed E-state index contributed by atoms with van der Waals surface area (Å²) in [4.78, 5) is 0. The highest BCUT2D eigenvalue weighted by atomic mass is 19.1. The molecule has 0 spiro atoms. The van der Waals surface area contributed by atoms with Gasteiger partial charge in [0, 0.05) is 11.6 Å². The summed E-state index contributed by atoms with van der Waals surface area (Å²) < 4.78 is 25.4. The van der Waals surface area contributed by atoms with E-state index in [2.05, 4.69) is 0 Å². The molecule has 0 fully saturated rings. The van der Waals surface area contributed by atoms with E-state index in [0.717, 1.165) is 12.1 Å². The normalized spacial score (nSPS) is 15.5. The second kappa shape index (κ2) is 3.81. The van der Waals surface area contributed by atoms with Crippen LogP contribution in [0.3, 0.4) is 0 Å². The number of halogens is 2. The number of aliphatic hydroxyl groups excluding tert-OH is 2. The summed E-state index contributed by atoms with van der Waals surface area (Å²) in [7, 11) is 0. The van der Waals surface area contributed by atoms with E-state index in [1.165, 1.54) is 6.92 Å². The minimum absolute atomic E-state index is 0.101. The molecule has 0 saturated heterocycles. The molecule has 1 rings (SSSR count). The van der Waals surface area contributed by atoms with Crippen molar-refractivity contribution in [2.75, 3.05) is 0 Å². The van der Waals surface area contributed by atoms with Crippen molar-refractivity contribution in [3.63, 3.8) is 0 Å². The molecule has 1 aromatic carbocycles. The predicted octanol–water partition coefficient (Wildman–Crippen LogP) is 1.38. The minimum Gasteiger partial charge on any atom is -0.390 e. The maximum atomic E-state index is 13.0. The van der Waals surface area contributed by atoms with E-state index in [4.69, 9.17) is 5.11 Å². The summed E-state index contributed by atoms with van der Waals surface area (Å²) in [5.41, 5.74) is -0.101. The molecule has 2 nitrogen and oxygen atoms in total. The van der Waals surface area contributed by atoms with Gasteiger partial charge in [-0.15, -0.1) is 0 Å². The van der Waals surface area contributed by atoms with Crippen LogP contribution in [0, 0.1) is 11.6 Å².